The molecule has 0 atom stereocenters. The minimum Gasteiger partial charge on any atom is -0.467 e. The first kappa shape index (κ1) is 13.5. The van der Waals surface area contributed by atoms with Gasteiger partial charge in [0, 0.05) is 12.8 Å². The topological polar surface area (TPSA) is 69.2 Å². The van der Waals surface area contributed by atoms with E-state index in [1.54, 1.807) is 7.11 Å². The number of benzene rings is 1. The zero-order chi connectivity index (χ0) is 13.7. The Balaban J connectivity index is 2.20. The summed E-state index contributed by atoms with van der Waals surface area (Å²) < 4.78 is 10.0. The number of hydrogen-bond donors (Lipinski definition) is 1. The zero-order valence-corrected chi connectivity index (χ0v) is 11.3. The van der Waals surface area contributed by atoms with E-state index in [2.05, 4.69) is 20.3 Å². The molecule has 0 spiro atoms. The van der Waals surface area contributed by atoms with Gasteiger partial charge in [-0.25, -0.2) is 0 Å². The summed E-state index contributed by atoms with van der Waals surface area (Å²) in [6, 6.07) is 7.87. The van der Waals surface area contributed by atoms with Crippen molar-refractivity contribution >= 4 is 23.2 Å². The van der Waals surface area contributed by atoms with Crippen LogP contribution in [0.25, 0.3) is 0 Å². The second-order valence-electron chi connectivity index (χ2n) is 3.67. The predicted molar refractivity (Wildman–Crippen MR) is 71.8 cm³/mol. The third-order valence-corrected chi connectivity index (χ3v) is 2.43. The molecule has 0 aliphatic heterocycles. The van der Waals surface area contributed by atoms with Crippen molar-refractivity contribution in [3.05, 3.63) is 35.1 Å². The first-order valence-corrected chi connectivity index (χ1v) is 5.89. The third-order valence-electron chi connectivity index (χ3n) is 2.26. The molecule has 2 aromatic rings. The molecule has 19 heavy (non-hydrogen) atoms. The highest BCUT2D eigenvalue weighted by Gasteiger charge is 2.05. The van der Waals surface area contributed by atoms with Crippen molar-refractivity contribution in [2.75, 3.05) is 19.5 Å². The zero-order valence-electron chi connectivity index (χ0n) is 10.6. The molecule has 0 saturated heterocycles. The Bertz CT molecular complexity index is 565. The lowest BCUT2D eigenvalue weighted by Crippen LogP contribution is -2.02. The second kappa shape index (κ2) is 6.31. The maximum Gasteiger partial charge on any atom is 0.322 e. The van der Waals surface area contributed by atoms with Crippen molar-refractivity contribution in [1.29, 1.82) is 0 Å². The number of rotatable bonds is 5. The molecule has 1 aromatic heterocycles. The summed E-state index contributed by atoms with van der Waals surface area (Å²) in [4.78, 5) is 11.8. The van der Waals surface area contributed by atoms with Crippen molar-refractivity contribution in [2.45, 2.75) is 6.61 Å². The lowest BCUT2D eigenvalue weighted by molar-refractivity contribution is 0.185. The Morgan fingerprint density at radius 2 is 2.05 bits per heavy atom. The van der Waals surface area contributed by atoms with E-state index in [0.29, 0.717) is 12.6 Å². The Hall–Kier alpha value is -1.92. The standard InChI is InChI=1S/C12H13ClN4O2/c1-18-7-8-4-3-5-9(6-8)14-11-15-10(13)16-12(17-11)19-2/h3-6H,7H2,1-2H3,(H,14,15,16,17). The number of hydrogen-bond acceptors (Lipinski definition) is 6. The number of ether oxygens (including phenoxy) is 2. The number of halogens is 1. The quantitative estimate of drug-likeness (QED) is 0.907. The summed E-state index contributed by atoms with van der Waals surface area (Å²) in [6.07, 6.45) is 0. The van der Waals surface area contributed by atoms with Gasteiger partial charge in [-0.3, -0.25) is 0 Å². The molecule has 0 fully saturated rings. The van der Waals surface area contributed by atoms with E-state index in [9.17, 15) is 0 Å². The van der Waals surface area contributed by atoms with E-state index in [4.69, 9.17) is 21.1 Å². The normalized spacial score (nSPS) is 10.3. The van der Waals surface area contributed by atoms with Crippen LogP contribution in [0.1, 0.15) is 5.56 Å². The molecule has 0 aliphatic carbocycles. The predicted octanol–water partition coefficient (Wildman–Crippen LogP) is 2.42. The highest BCUT2D eigenvalue weighted by atomic mass is 35.5. The van der Waals surface area contributed by atoms with Gasteiger partial charge < -0.3 is 14.8 Å². The Kier molecular flexibility index (Phi) is 4.48. The van der Waals surface area contributed by atoms with Crippen LogP contribution in [0.3, 0.4) is 0 Å². The number of aromatic nitrogens is 3. The van der Waals surface area contributed by atoms with Crippen molar-refractivity contribution in [1.82, 2.24) is 15.0 Å². The van der Waals surface area contributed by atoms with Crippen LogP contribution in [0.4, 0.5) is 11.6 Å². The highest BCUT2D eigenvalue weighted by Crippen LogP contribution is 2.18. The summed E-state index contributed by atoms with van der Waals surface area (Å²) in [5, 5.41) is 3.11. The molecule has 6 nitrogen and oxygen atoms in total. The SMILES string of the molecule is COCc1cccc(Nc2nc(Cl)nc(OC)n2)c1. The average molecular weight is 281 g/mol. The molecule has 1 heterocycles. The van der Waals surface area contributed by atoms with Crippen molar-refractivity contribution in [3.8, 4) is 6.01 Å². The molecule has 0 amide bonds. The molecule has 0 bridgehead atoms. The Morgan fingerprint density at radius 1 is 1.21 bits per heavy atom. The van der Waals surface area contributed by atoms with Crippen molar-refractivity contribution in [3.63, 3.8) is 0 Å². The maximum atomic E-state index is 5.77. The van der Waals surface area contributed by atoms with E-state index in [-0.39, 0.29) is 11.3 Å². The van der Waals surface area contributed by atoms with Gasteiger partial charge in [0.1, 0.15) is 0 Å². The highest BCUT2D eigenvalue weighted by molar-refractivity contribution is 6.28. The van der Waals surface area contributed by atoms with E-state index < -0.39 is 0 Å². The fourth-order valence-electron chi connectivity index (χ4n) is 1.51. The smallest absolute Gasteiger partial charge is 0.322 e. The number of nitrogens with one attached hydrogen (secondary N) is 1. The fraction of sp³-hybridized carbons (Fsp3) is 0.250. The number of methoxy groups -OCH3 is 2. The van der Waals surface area contributed by atoms with Crippen LogP contribution in [0.15, 0.2) is 24.3 Å². The van der Waals surface area contributed by atoms with E-state index in [0.717, 1.165) is 11.3 Å². The molecule has 7 heteroatoms. The molecule has 100 valence electrons. The van der Waals surface area contributed by atoms with Gasteiger partial charge in [-0.2, -0.15) is 15.0 Å². The van der Waals surface area contributed by atoms with Crippen molar-refractivity contribution < 1.29 is 9.47 Å². The van der Waals surface area contributed by atoms with Crippen LogP contribution < -0.4 is 10.1 Å². The van der Waals surface area contributed by atoms with Crippen LogP contribution >= 0.6 is 11.6 Å². The molecule has 0 radical (unpaired) electrons. The Morgan fingerprint density at radius 3 is 2.79 bits per heavy atom. The minimum atomic E-state index is 0.0717. The molecule has 1 N–H and O–H groups in total. The molecule has 1 aromatic carbocycles. The van der Waals surface area contributed by atoms with Gasteiger partial charge in [0.15, 0.2) is 0 Å². The molecular formula is C12H13ClN4O2. The molecule has 2 rings (SSSR count). The van der Waals surface area contributed by atoms with E-state index in [1.165, 1.54) is 7.11 Å². The van der Waals surface area contributed by atoms with Gasteiger partial charge in [-0.05, 0) is 29.3 Å². The summed E-state index contributed by atoms with van der Waals surface area (Å²) in [7, 11) is 3.12. The summed E-state index contributed by atoms with van der Waals surface area (Å²) >= 11 is 5.77. The summed E-state index contributed by atoms with van der Waals surface area (Å²) in [6.45, 7) is 0.538. The van der Waals surface area contributed by atoms with Crippen LogP contribution in [-0.4, -0.2) is 29.2 Å². The number of nitrogens with zero attached hydrogens (tertiary/aromatic N) is 3. The molecule has 0 saturated carbocycles. The lowest BCUT2D eigenvalue weighted by Gasteiger charge is -2.07. The van der Waals surface area contributed by atoms with Gasteiger partial charge in [-0.1, -0.05) is 12.1 Å². The molecular weight excluding hydrogens is 268 g/mol. The van der Waals surface area contributed by atoms with Gasteiger partial charge in [0.05, 0.1) is 13.7 Å². The summed E-state index contributed by atoms with van der Waals surface area (Å²) in [5.41, 5.74) is 1.87. The van der Waals surface area contributed by atoms with Crippen LogP contribution in [0.5, 0.6) is 6.01 Å². The third kappa shape index (κ3) is 3.77. The van der Waals surface area contributed by atoms with Gasteiger partial charge in [0.2, 0.25) is 11.2 Å². The first-order chi connectivity index (χ1) is 9.21. The van der Waals surface area contributed by atoms with Gasteiger partial charge >= 0.3 is 6.01 Å². The maximum absolute atomic E-state index is 5.77. The van der Waals surface area contributed by atoms with E-state index in [1.807, 2.05) is 24.3 Å². The largest absolute Gasteiger partial charge is 0.467 e. The average Bonchev–Trinajstić information content (AvgIpc) is 2.39. The van der Waals surface area contributed by atoms with Crippen LogP contribution in [0, 0.1) is 0 Å². The fourth-order valence-corrected chi connectivity index (χ4v) is 1.67. The number of anilines is 2. The van der Waals surface area contributed by atoms with Crippen molar-refractivity contribution in [2.24, 2.45) is 0 Å². The van der Waals surface area contributed by atoms with Crippen LogP contribution in [-0.2, 0) is 11.3 Å². The van der Waals surface area contributed by atoms with Gasteiger partial charge in [0.25, 0.3) is 0 Å². The minimum absolute atomic E-state index is 0.0717. The summed E-state index contributed by atoms with van der Waals surface area (Å²) in [5.74, 6) is 0.325. The first-order valence-electron chi connectivity index (χ1n) is 5.51. The monoisotopic (exact) mass is 280 g/mol. The van der Waals surface area contributed by atoms with E-state index >= 15 is 0 Å². The second-order valence-corrected chi connectivity index (χ2v) is 4.01. The lowest BCUT2D eigenvalue weighted by atomic mass is 10.2. The van der Waals surface area contributed by atoms with Crippen LogP contribution in [0.2, 0.25) is 5.28 Å². The van der Waals surface area contributed by atoms with Gasteiger partial charge in [-0.15, -0.1) is 0 Å². The molecule has 0 unspecified atom stereocenters. The molecule has 0 aliphatic rings. The Labute approximate surface area is 115 Å².